The lowest BCUT2D eigenvalue weighted by molar-refractivity contribution is 0.287. The molecule has 0 bridgehead atoms. The second-order valence-corrected chi connectivity index (χ2v) is 4.61. The molecule has 112 valence electrons. The molecule has 0 radical (unpaired) electrons. The lowest BCUT2D eigenvalue weighted by Crippen LogP contribution is -2.32. The minimum absolute atomic E-state index is 0.0450. The smallest absolute Gasteiger partial charge is 0.189 e. The van der Waals surface area contributed by atoms with Gasteiger partial charge in [-0.2, -0.15) is 0 Å². The predicted molar refractivity (Wildman–Crippen MR) is 80.9 cm³/mol. The number of nitrogens with two attached hydrogens (primary N) is 1. The van der Waals surface area contributed by atoms with Crippen molar-refractivity contribution in [1.82, 2.24) is 15.2 Å². The molecule has 0 saturated carbocycles. The molecule has 0 aromatic carbocycles. The molecular weight excluding hydrogens is 254 g/mol. The molecule has 0 aliphatic rings. The van der Waals surface area contributed by atoms with Crippen molar-refractivity contribution in [2.75, 3.05) is 26.2 Å². The number of likely N-dealkylation sites (N-methyl/N-ethyl adjacent to an activating group) is 1. The Labute approximate surface area is 120 Å². The Morgan fingerprint density at radius 2 is 2.25 bits per heavy atom. The second kappa shape index (κ2) is 9.28. The van der Waals surface area contributed by atoms with Gasteiger partial charge in [0, 0.05) is 25.8 Å². The van der Waals surface area contributed by atoms with E-state index in [2.05, 4.69) is 34.2 Å². The van der Waals surface area contributed by atoms with Gasteiger partial charge in [0.05, 0.1) is 0 Å². The fraction of sp³-hybridized carbons (Fsp3) is 0.571. The van der Waals surface area contributed by atoms with Crippen molar-refractivity contribution in [3.8, 4) is 0 Å². The highest BCUT2D eigenvalue weighted by Crippen LogP contribution is 2.04. The van der Waals surface area contributed by atoms with Crippen LogP contribution in [0.1, 0.15) is 31.5 Å². The SMILES string of the molecule is CCCN(CC)CCNCc1cccnc1/C(N)=N/O. The molecule has 1 aromatic heterocycles. The molecule has 0 spiro atoms. The number of hydrogen-bond acceptors (Lipinski definition) is 5. The molecule has 20 heavy (non-hydrogen) atoms. The molecule has 0 atom stereocenters. The minimum atomic E-state index is 0.0450. The van der Waals surface area contributed by atoms with Crippen LogP contribution in [-0.2, 0) is 6.54 Å². The third-order valence-corrected chi connectivity index (χ3v) is 3.15. The Morgan fingerprint density at radius 3 is 2.90 bits per heavy atom. The Balaban J connectivity index is 2.46. The van der Waals surface area contributed by atoms with Crippen molar-refractivity contribution in [1.29, 1.82) is 0 Å². The Kier molecular flexibility index (Phi) is 7.60. The highest BCUT2D eigenvalue weighted by molar-refractivity contribution is 5.96. The van der Waals surface area contributed by atoms with Gasteiger partial charge in [0.15, 0.2) is 5.84 Å². The molecule has 0 unspecified atom stereocenters. The number of oxime groups is 1. The monoisotopic (exact) mass is 279 g/mol. The topological polar surface area (TPSA) is 86.8 Å². The molecule has 0 amide bonds. The summed E-state index contributed by atoms with van der Waals surface area (Å²) in [5.41, 5.74) is 7.07. The van der Waals surface area contributed by atoms with E-state index in [1.807, 2.05) is 12.1 Å². The predicted octanol–water partition coefficient (Wildman–Crippen LogP) is 0.998. The summed E-state index contributed by atoms with van der Waals surface area (Å²) in [5, 5.41) is 15.1. The zero-order valence-electron chi connectivity index (χ0n) is 12.3. The van der Waals surface area contributed by atoms with Crippen LogP contribution in [0.3, 0.4) is 0 Å². The molecule has 0 aliphatic heterocycles. The average Bonchev–Trinajstić information content (AvgIpc) is 2.50. The summed E-state index contributed by atoms with van der Waals surface area (Å²) in [6, 6.07) is 3.78. The molecule has 0 saturated heterocycles. The number of hydrogen-bond donors (Lipinski definition) is 3. The summed E-state index contributed by atoms with van der Waals surface area (Å²) in [6.45, 7) is 9.13. The quantitative estimate of drug-likeness (QED) is 0.206. The van der Waals surface area contributed by atoms with Gasteiger partial charge in [-0.25, -0.2) is 0 Å². The second-order valence-electron chi connectivity index (χ2n) is 4.61. The van der Waals surface area contributed by atoms with Gasteiger partial charge in [0.2, 0.25) is 0 Å². The van der Waals surface area contributed by atoms with Crippen molar-refractivity contribution < 1.29 is 5.21 Å². The third-order valence-electron chi connectivity index (χ3n) is 3.15. The first-order valence-electron chi connectivity index (χ1n) is 7.07. The van der Waals surface area contributed by atoms with E-state index in [9.17, 15) is 0 Å². The molecule has 6 heteroatoms. The summed E-state index contributed by atoms with van der Waals surface area (Å²) in [6.07, 6.45) is 2.81. The van der Waals surface area contributed by atoms with E-state index < -0.39 is 0 Å². The van der Waals surface area contributed by atoms with Gasteiger partial charge in [-0.15, -0.1) is 0 Å². The van der Waals surface area contributed by atoms with Crippen molar-refractivity contribution in [2.24, 2.45) is 10.9 Å². The van der Waals surface area contributed by atoms with Crippen LogP contribution in [0.4, 0.5) is 0 Å². The van der Waals surface area contributed by atoms with E-state index in [1.165, 1.54) is 6.42 Å². The number of amidine groups is 1. The number of nitrogens with one attached hydrogen (secondary N) is 1. The average molecular weight is 279 g/mol. The Bertz CT molecular complexity index is 422. The van der Waals surface area contributed by atoms with Gasteiger partial charge in [-0.3, -0.25) is 4.98 Å². The standard InChI is InChI=1S/C14H25N5O/c1-3-9-19(4-2)10-8-16-11-12-6-5-7-17-13(12)14(15)18-20/h5-7,16,20H,3-4,8-11H2,1-2H3,(H2,15,18). The van der Waals surface area contributed by atoms with Crippen LogP contribution in [0.25, 0.3) is 0 Å². The van der Waals surface area contributed by atoms with Crippen LogP contribution in [-0.4, -0.2) is 47.1 Å². The highest BCUT2D eigenvalue weighted by atomic mass is 16.4. The van der Waals surface area contributed by atoms with E-state index in [-0.39, 0.29) is 5.84 Å². The van der Waals surface area contributed by atoms with E-state index in [0.29, 0.717) is 12.2 Å². The first kappa shape index (κ1) is 16.4. The molecule has 0 aliphatic carbocycles. The molecular formula is C14H25N5O. The van der Waals surface area contributed by atoms with Gasteiger partial charge < -0.3 is 21.2 Å². The zero-order chi connectivity index (χ0) is 14.8. The molecule has 1 rings (SSSR count). The lowest BCUT2D eigenvalue weighted by Gasteiger charge is -2.19. The highest BCUT2D eigenvalue weighted by Gasteiger charge is 2.07. The lowest BCUT2D eigenvalue weighted by atomic mass is 10.2. The normalized spacial score (nSPS) is 12.1. The number of nitrogens with zero attached hydrogens (tertiary/aromatic N) is 3. The summed E-state index contributed by atoms with van der Waals surface area (Å²) >= 11 is 0. The summed E-state index contributed by atoms with van der Waals surface area (Å²) < 4.78 is 0. The van der Waals surface area contributed by atoms with Gasteiger partial charge in [-0.05, 0) is 31.1 Å². The Morgan fingerprint density at radius 1 is 1.45 bits per heavy atom. The number of aromatic nitrogens is 1. The van der Waals surface area contributed by atoms with Crippen LogP contribution in [0.5, 0.6) is 0 Å². The maximum absolute atomic E-state index is 8.74. The summed E-state index contributed by atoms with van der Waals surface area (Å²) in [4.78, 5) is 6.55. The summed E-state index contributed by atoms with van der Waals surface area (Å²) in [7, 11) is 0. The van der Waals surface area contributed by atoms with Crippen molar-refractivity contribution in [3.05, 3.63) is 29.6 Å². The van der Waals surface area contributed by atoms with Crippen LogP contribution in [0, 0.1) is 0 Å². The van der Waals surface area contributed by atoms with E-state index in [0.717, 1.165) is 31.7 Å². The molecule has 4 N–H and O–H groups in total. The molecule has 1 heterocycles. The van der Waals surface area contributed by atoms with E-state index in [4.69, 9.17) is 10.9 Å². The van der Waals surface area contributed by atoms with Crippen LogP contribution in [0.15, 0.2) is 23.5 Å². The number of pyridine rings is 1. The van der Waals surface area contributed by atoms with Gasteiger partial charge in [-0.1, -0.05) is 25.1 Å². The van der Waals surface area contributed by atoms with Crippen LogP contribution < -0.4 is 11.1 Å². The zero-order valence-corrected chi connectivity index (χ0v) is 12.3. The molecule has 1 aromatic rings. The minimum Gasteiger partial charge on any atom is -0.409 e. The largest absolute Gasteiger partial charge is 0.409 e. The van der Waals surface area contributed by atoms with Crippen molar-refractivity contribution >= 4 is 5.84 Å². The van der Waals surface area contributed by atoms with Crippen LogP contribution in [0.2, 0.25) is 0 Å². The maximum Gasteiger partial charge on any atom is 0.189 e. The number of rotatable bonds is 9. The van der Waals surface area contributed by atoms with Gasteiger partial charge in [0.1, 0.15) is 5.69 Å². The van der Waals surface area contributed by atoms with Gasteiger partial charge in [0.25, 0.3) is 0 Å². The maximum atomic E-state index is 8.74. The van der Waals surface area contributed by atoms with Crippen molar-refractivity contribution in [2.45, 2.75) is 26.8 Å². The van der Waals surface area contributed by atoms with E-state index >= 15 is 0 Å². The fourth-order valence-corrected chi connectivity index (χ4v) is 2.06. The fourth-order valence-electron chi connectivity index (χ4n) is 2.06. The molecule has 6 nitrogen and oxygen atoms in total. The van der Waals surface area contributed by atoms with Gasteiger partial charge >= 0.3 is 0 Å². The summed E-state index contributed by atoms with van der Waals surface area (Å²) in [5.74, 6) is 0.0450. The Hall–Kier alpha value is -1.66. The first-order chi connectivity index (χ1) is 9.72. The molecule has 0 fully saturated rings. The first-order valence-corrected chi connectivity index (χ1v) is 7.07. The van der Waals surface area contributed by atoms with E-state index in [1.54, 1.807) is 6.20 Å². The third kappa shape index (κ3) is 5.14. The van der Waals surface area contributed by atoms with Crippen molar-refractivity contribution in [3.63, 3.8) is 0 Å². The van der Waals surface area contributed by atoms with Crippen LogP contribution >= 0.6 is 0 Å².